The third kappa shape index (κ3) is 14.5. The number of terminal acetylenes is 1. The van der Waals surface area contributed by atoms with Crippen molar-refractivity contribution in [2.45, 2.75) is 52.2 Å². The van der Waals surface area contributed by atoms with Gasteiger partial charge in [-0.25, -0.2) is 0 Å². The van der Waals surface area contributed by atoms with Crippen molar-refractivity contribution >= 4 is 35.5 Å². The Hall–Kier alpha value is -2.11. The first-order chi connectivity index (χ1) is 14.7. The first kappa shape index (κ1) is 31.1. The minimum absolute atomic E-state index is 0.208. The smallest absolute Gasteiger partial charge is 0.320 e. The molecule has 7 nitrogen and oxygen atoms in total. The maximum absolute atomic E-state index is 11.4. The minimum atomic E-state index is -0.955. The van der Waals surface area contributed by atoms with Gasteiger partial charge in [0, 0.05) is 30.6 Å². The van der Waals surface area contributed by atoms with Crippen LogP contribution in [0.3, 0.4) is 0 Å². The monoisotopic (exact) mass is 473 g/mol. The van der Waals surface area contributed by atoms with E-state index in [4.69, 9.17) is 28.3 Å². The van der Waals surface area contributed by atoms with Gasteiger partial charge in [0.1, 0.15) is 12.3 Å². The molecule has 0 aliphatic heterocycles. The summed E-state index contributed by atoms with van der Waals surface area (Å²) in [7, 11) is 1.00. The average molecular weight is 474 g/mol. The van der Waals surface area contributed by atoms with Crippen LogP contribution in [0.2, 0.25) is 0 Å². The van der Waals surface area contributed by atoms with Crippen LogP contribution in [-0.2, 0) is 22.6 Å². The lowest BCUT2D eigenvalue weighted by atomic mass is 10.0. The number of aldehydes is 1. The molecule has 1 aromatic heterocycles. The Morgan fingerprint density at radius 2 is 1.97 bits per heavy atom. The van der Waals surface area contributed by atoms with Crippen LogP contribution >= 0.6 is 23.2 Å². The van der Waals surface area contributed by atoms with Crippen LogP contribution in [0.25, 0.3) is 0 Å². The summed E-state index contributed by atoms with van der Waals surface area (Å²) in [5.41, 5.74) is 1.72. The number of hydrogen-bond acceptors (Lipinski definition) is 5. The number of nitrogens with one attached hydrogen (secondary N) is 1. The van der Waals surface area contributed by atoms with E-state index in [9.17, 15) is 14.7 Å². The molecule has 31 heavy (non-hydrogen) atoms. The molecular formula is C22H33Cl2N3O4. The highest BCUT2D eigenvalue weighted by Gasteiger charge is 2.23. The highest BCUT2D eigenvalue weighted by Crippen LogP contribution is 2.11. The van der Waals surface area contributed by atoms with Gasteiger partial charge in [-0.05, 0) is 31.4 Å². The van der Waals surface area contributed by atoms with Gasteiger partial charge in [-0.15, -0.1) is 24.4 Å². The maximum atomic E-state index is 11.4. The molecule has 0 spiro atoms. The molecule has 0 bridgehead atoms. The summed E-state index contributed by atoms with van der Waals surface area (Å²) in [4.78, 5) is 22.8. The molecular weight excluding hydrogens is 441 g/mol. The summed E-state index contributed by atoms with van der Waals surface area (Å²) < 4.78 is 1.75. The van der Waals surface area contributed by atoms with Crippen molar-refractivity contribution in [1.82, 2.24) is 15.1 Å². The van der Waals surface area contributed by atoms with Crippen molar-refractivity contribution in [3.63, 3.8) is 0 Å². The zero-order valence-corrected chi connectivity index (χ0v) is 20.0. The van der Waals surface area contributed by atoms with Crippen LogP contribution in [0.15, 0.2) is 35.0 Å². The number of aromatic nitrogens is 2. The number of alkyl halides is 1. The molecule has 1 heterocycles. The number of halogens is 2. The predicted octanol–water partition coefficient (Wildman–Crippen LogP) is 3.25. The van der Waals surface area contributed by atoms with E-state index in [0.29, 0.717) is 36.0 Å². The van der Waals surface area contributed by atoms with Crippen LogP contribution in [-0.4, -0.2) is 57.3 Å². The van der Waals surface area contributed by atoms with Crippen molar-refractivity contribution < 1.29 is 19.8 Å². The largest absolute Gasteiger partial charge is 0.480 e. The number of rotatable bonds is 12. The molecule has 0 fully saturated rings. The van der Waals surface area contributed by atoms with Crippen LogP contribution in [0.4, 0.5) is 0 Å². The van der Waals surface area contributed by atoms with E-state index in [2.05, 4.69) is 23.3 Å². The van der Waals surface area contributed by atoms with Crippen molar-refractivity contribution in [3.8, 4) is 12.8 Å². The van der Waals surface area contributed by atoms with Gasteiger partial charge in [0.05, 0.1) is 18.3 Å². The number of allylic oxidation sites excluding steroid dienone is 4. The molecule has 174 valence electrons. The summed E-state index contributed by atoms with van der Waals surface area (Å²) in [5, 5.41) is 24.2. The molecule has 2 atom stereocenters. The topological polar surface area (TPSA) is 104 Å². The normalized spacial score (nSPS) is 13.4. The fourth-order valence-corrected chi connectivity index (χ4v) is 3.12. The predicted molar refractivity (Wildman–Crippen MR) is 126 cm³/mol. The molecule has 0 aliphatic rings. The Morgan fingerprint density at radius 3 is 2.45 bits per heavy atom. The number of carboxylic acids is 1. The number of hydrogen-bond donors (Lipinski definition) is 3. The van der Waals surface area contributed by atoms with Crippen LogP contribution in [0.1, 0.15) is 32.9 Å². The van der Waals surface area contributed by atoms with Crippen LogP contribution in [0, 0.1) is 18.8 Å². The first-order valence-corrected chi connectivity index (χ1v) is 10.5. The van der Waals surface area contributed by atoms with Crippen molar-refractivity contribution in [1.29, 1.82) is 0 Å². The maximum Gasteiger partial charge on any atom is 0.320 e. The van der Waals surface area contributed by atoms with E-state index in [1.165, 1.54) is 0 Å². The molecule has 0 aliphatic carbocycles. The number of carboxylic acid groups (broad SMARTS) is 1. The van der Waals surface area contributed by atoms with Crippen molar-refractivity contribution in [3.05, 3.63) is 40.7 Å². The van der Waals surface area contributed by atoms with E-state index in [0.717, 1.165) is 19.0 Å². The van der Waals surface area contributed by atoms with Gasteiger partial charge in [0.15, 0.2) is 0 Å². The van der Waals surface area contributed by atoms with Gasteiger partial charge in [-0.3, -0.25) is 14.8 Å². The summed E-state index contributed by atoms with van der Waals surface area (Å²) in [6, 6.07) is 0.453. The fourth-order valence-electron chi connectivity index (χ4n) is 2.61. The Balaban J connectivity index is 0. The van der Waals surface area contributed by atoms with Gasteiger partial charge in [0.25, 0.3) is 0 Å². The standard InChI is InChI=1S/C19H27Cl2N3O3.C2H2.CH4O/c1-13(2)8-18(19(26)27)22-17(12-25)10-16-5-7-24(23-16)11-14(3)9-15(21)4-6-20;2*1-2/h4-5,7,9,12-13,17-18,22H,6,8,10-11H2,1-3H3,(H,26,27);1-2H;2H,1H3/b14-9+,15-4+;;/t17-,18-;;/m0../s1. The Kier molecular flexibility index (Phi) is 18.7. The average Bonchev–Trinajstić information content (AvgIpc) is 3.16. The van der Waals surface area contributed by atoms with E-state index < -0.39 is 18.1 Å². The van der Waals surface area contributed by atoms with Gasteiger partial charge >= 0.3 is 5.97 Å². The van der Waals surface area contributed by atoms with Crippen LogP contribution < -0.4 is 5.32 Å². The highest BCUT2D eigenvalue weighted by molar-refractivity contribution is 6.32. The number of carbonyl (C=O) groups is 2. The van der Waals surface area contributed by atoms with E-state index in [1.807, 2.05) is 39.1 Å². The zero-order chi connectivity index (χ0) is 24.4. The molecule has 1 aromatic rings. The molecule has 0 unspecified atom stereocenters. The molecule has 9 heteroatoms. The van der Waals surface area contributed by atoms with E-state index >= 15 is 0 Å². The highest BCUT2D eigenvalue weighted by atomic mass is 35.5. The van der Waals surface area contributed by atoms with Crippen molar-refractivity contribution in [2.75, 3.05) is 13.0 Å². The third-order valence-corrected chi connectivity index (χ3v) is 4.20. The third-order valence-electron chi connectivity index (χ3n) is 3.78. The lowest BCUT2D eigenvalue weighted by Gasteiger charge is -2.20. The Bertz CT molecular complexity index is 727. The number of aliphatic hydroxyl groups is 1. The number of aliphatic carboxylic acids is 1. The number of aliphatic hydroxyl groups excluding tert-OH is 1. The summed E-state index contributed by atoms with van der Waals surface area (Å²) in [5.74, 6) is -0.397. The zero-order valence-electron chi connectivity index (χ0n) is 18.5. The Labute approximate surface area is 195 Å². The SMILES string of the molecule is C#C.C/C(=C\C(Cl)=C/CCl)Cn1ccc(C[C@@H](C=O)N[C@@H](CC(C)C)C(=O)O)n1.CO. The van der Waals surface area contributed by atoms with Crippen LogP contribution in [0.5, 0.6) is 0 Å². The fraction of sp³-hybridized carbons (Fsp3) is 0.500. The molecule has 0 amide bonds. The number of nitrogens with zero attached hydrogens (tertiary/aromatic N) is 2. The van der Waals surface area contributed by atoms with E-state index in [1.54, 1.807) is 10.8 Å². The molecule has 0 saturated heterocycles. The number of carbonyl (C=O) groups excluding carboxylic acids is 1. The quantitative estimate of drug-likeness (QED) is 0.186. The van der Waals surface area contributed by atoms with Gasteiger partial charge in [-0.1, -0.05) is 37.1 Å². The molecule has 3 N–H and O–H groups in total. The lowest BCUT2D eigenvalue weighted by molar-refractivity contribution is -0.140. The summed E-state index contributed by atoms with van der Waals surface area (Å²) >= 11 is 11.6. The Morgan fingerprint density at radius 1 is 1.35 bits per heavy atom. The second-order valence-electron chi connectivity index (χ2n) is 6.87. The van der Waals surface area contributed by atoms with Crippen molar-refractivity contribution in [2.24, 2.45) is 5.92 Å². The summed E-state index contributed by atoms with van der Waals surface area (Å²) in [6.45, 7) is 6.38. The second kappa shape index (κ2) is 18.6. The van der Waals surface area contributed by atoms with E-state index in [-0.39, 0.29) is 5.92 Å². The second-order valence-corrected chi connectivity index (χ2v) is 7.62. The minimum Gasteiger partial charge on any atom is -0.480 e. The van der Waals surface area contributed by atoms with Gasteiger partial charge < -0.3 is 15.0 Å². The van der Waals surface area contributed by atoms with Gasteiger partial charge in [-0.2, -0.15) is 5.10 Å². The lowest BCUT2D eigenvalue weighted by Crippen LogP contribution is -2.45. The molecule has 0 radical (unpaired) electrons. The first-order valence-electron chi connectivity index (χ1n) is 9.58. The summed E-state index contributed by atoms with van der Waals surface area (Å²) in [6.07, 6.45) is 14.9. The molecule has 0 aromatic carbocycles. The molecule has 1 rings (SSSR count). The van der Waals surface area contributed by atoms with Gasteiger partial charge in [0.2, 0.25) is 0 Å². The molecule has 0 saturated carbocycles.